The number of aliphatic hydroxyl groups is 1. The Hall–Kier alpha value is -2.26. The lowest BCUT2D eigenvalue weighted by Gasteiger charge is -2.12. The van der Waals surface area contributed by atoms with E-state index in [0.29, 0.717) is 10.8 Å². The smallest absolute Gasteiger partial charge is 0.246 e. The van der Waals surface area contributed by atoms with E-state index < -0.39 is 0 Å². The van der Waals surface area contributed by atoms with Gasteiger partial charge in [-0.1, -0.05) is 25.2 Å². The summed E-state index contributed by atoms with van der Waals surface area (Å²) in [6, 6.07) is 1.24. The predicted molar refractivity (Wildman–Crippen MR) is 85.8 cm³/mol. The Labute approximate surface area is 136 Å². The standard InChI is InChI=1S/C14H18N4O4S/c1-8(2)13-16-17-14(23-13)15-12(21)6-18-5-11(22-3)10(20)4-9(18)7-19/h4-5,8,19H,6-7H2,1-3H3,(H,15,17,21). The molecule has 2 heterocycles. The van der Waals surface area contributed by atoms with Crippen molar-refractivity contribution in [2.45, 2.75) is 32.9 Å². The van der Waals surface area contributed by atoms with Crippen LogP contribution in [0, 0.1) is 0 Å². The number of carbonyl (C=O) groups is 1. The Balaban J connectivity index is 2.14. The molecule has 2 aromatic heterocycles. The zero-order valence-corrected chi connectivity index (χ0v) is 13.9. The van der Waals surface area contributed by atoms with Gasteiger partial charge in [0.05, 0.1) is 19.9 Å². The maximum Gasteiger partial charge on any atom is 0.246 e. The number of aromatic nitrogens is 3. The number of nitrogens with zero attached hydrogens (tertiary/aromatic N) is 3. The van der Waals surface area contributed by atoms with Crippen LogP contribution >= 0.6 is 11.3 Å². The van der Waals surface area contributed by atoms with Crippen LogP contribution in [0.1, 0.15) is 30.5 Å². The lowest BCUT2D eigenvalue weighted by Crippen LogP contribution is -2.23. The van der Waals surface area contributed by atoms with Crippen LogP contribution in [0.5, 0.6) is 5.75 Å². The molecule has 1 amide bonds. The number of ether oxygens (including phenoxy) is 1. The largest absolute Gasteiger partial charge is 0.491 e. The summed E-state index contributed by atoms with van der Waals surface area (Å²) in [5.41, 5.74) is -0.0232. The number of aliphatic hydroxyl groups excluding tert-OH is 1. The molecule has 0 saturated carbocycles. The molecule has 0 aliphatic heterocycles. The minimum Gasteiger partial charge on any atom is -0.491 e. The van der Waals surface area contributed by atoms with E-state index in [1.165, 1.54) is 35.3 Å². The molecule has 0 unspecified atom stereocenters. The summed E-state index contributed by atoms with van der Waals surface area (Å²) in [7, 11) is 1.37. The molecular formula is C14H18N4O4S. The number of anilines is 1. The first-order chi connectivity index (χ1) is 10.9. The van der Waals surface area contributed by atoms with Crippen LogP contribution in [0.25, 0.3) is 0 Å². The van der Waals surface area contributed by atoms with Crippen molar-refractivity contribution in [3.8, 4) is 5.75 Å². The van der Waals surface area contributed by atoms with E-state index in [2.05, 4.69) is 15.5 Å². The third-order valence-electron chi connectivity index (χ3n) is 3.06. The first-order valence-corrected chi connectivity index (χ1v) is 7.77. The molecule has 0 aromatic carbocycles. The van der Waals surface area contributed by atoms with E-state index in [-0.39, 0.29) is 36.2 Å². The van der Waals surface area contributed by atoms with Crippen molar-refractivity contribution in [3.05, 3.63) is 33.2 Å². The molecule has 0 aliphatic carbocycles. The van der Waals surface area contributed by atoms with Crippen LogP contribution in [0.15, 0.2) is 17.1 Å². The maximum atomic E-state index is 12.1. The van der Waals surface area contributed by atoms with Gasteiger partial charge in [-0.2, -0.15) is 0 Å². The van der Waals surface area contributed by atoms with Crippen molar-refractivity contribution >= 4 is 22.4 Å². The van der Waals surface area contributed by atoms with Crippen molar-refractivity contribution in [1.82, 2.24) is 14.8 Å². The van der Waals surface area contributed by atoms with E-state index in [9.17, 15) is 14.7 Å². The second-order valence-corrected chi connectivity index (χ2v) is 6.14. The Morgan fingerprint density at radius 1 is 1.48 bits per heavy atom. The summed E-state index contributed by atoms with van der Waals surface area (Å²) in [6.07, 6.45) is 1.40. The molecular weight excluding hydrogens is 320 g/mol. The van der Waals surface area contributed by atoms with E-state index in [4.69, 9.17) is 4.74 Å². The lowest BCUT2D eigenvalue weighted by molar-refractivity contribution is -0.116. The highest BCUT2D eigenvalue weighted by atomic mass is 32.1. The average molecular weight is 338 g/mol. The molecule has 0 atom stereocenters. The molecule has 2 N–H and O–H groups in total. The zero-order valence-electron chi connectivity index (χ0n) is 13.1. The van der Waals surface area contributed by atoms with Gasteiger partial charge in [0, 0.05) is 17.7 Å². The van der Waals surface area contributed by atoms with Gasteiger partial charge < -0.3 is 14.4 Å². The van der Waals surface area contributed by atoms with E-state index in [1.54, 1.807) is 0 Å². The predicted octanol–water partition coefficient (Wildman–Crippen LogP) is 0.963. The fraction of sp³-hybridized carbons (Fsp3) is 0.429. The van der Waals surface area contributed by atoms with Crippen LogP contribution in [0.4, 0.5) is 5.13 Å². The summed E-state index contributed by atoms with van der Waals surface area (Å²) in [5.74, 6) is 0.00671. The van der Waals surface area contributed by atoms with Crippen LogP contribution < -0.4 is 15.5 Å². The third kappa shape index (κ3) is 4.14. The van der Waals surface area contributed by atoms with E-state index in [0.717, 1.165) is 5.01 Å². The molecule has 2 aromatic rings. The number of carbonyl (C=O) groups excluding carboxylic acids is 1. The first kappa shape index (κ1) is 17.1. The van der Waals surface area contributed by atoms with Crippen LogP contribution in [-0.2, 0) is 17.9 Å². The van der Waals surface area contributed by atoms with Crippen molar-refractivity contribution in [2.24, 2.45) is 0 Å². The molecule has 0 aliphatic rings. The minimum absolute atomic E-state index is 0.0802. The number of rotatable bonds is 6. The molecule has 23 heavy (non-hydrogen) atoms. The molecule has 0 fully saturated rings. The first-order valence-electron chi connectivity index (χ1n) is 6.96. The van der Waals surface area contributed by atoms with E-state index >= 15 is 0 Å². The number of methoxy groups -OCH3 is 1. The molecule has 8 nitrogen and oxygen atoms in total. The van der Waals surface area contributed by atoms with E-state index in [1.807, 2.05) is 13.8 Å². The molecule has 0 spiro atoms. The van der Waals surface area contributed by atoms with Gasteiger partial charge in [0.2, 0.25) is 16.5 Å². The van der Waals surface area contributed by atoms with Crippen LogP contribution in [-0.4, -0.2) is 32.9 Å². The van der Waals surface area contributed by atoms with Crippen molar-refractivity contribution in [3.63, 3.8) is 0 Å². The van der Waals surface area contributed by atoms with Crippen LogP contribution in [0.3, 0.4) is 0 Å². The maximum absolute atomic E-state index is 12.1. The molecule has 0 saturated heterocycles. The topological polar surface area (TPSA) is 106 Å². The highest BCUT2D eigenvalue weighted by molar-refractivity contribution is 7.15. The fourth-order valence-corrected chi connectivity index (χ4v) is 2.62. The fourth-order valence-electron chi connectivity index (χ4n) is 1.86. The van der Waals surface area contributed by atoms with Gasteiger partial charge in [0.1, 0.15) is 11.6 Å². The second kappa shape index (κ2) is 7.34. The highest BCUT2D eigenvalue weighted by Crippen LogP contribution is 2.22. The summed E-state index contributed by atoms with van der Waals surface area (Å²) >= 11 is 1.31. The van der Waals surface area contributed by atoms with Gasteiger partial charge in [0.15, 0.2) is 5.75 Å². The van der Waals surface area contributed by atoms with Gasteiger partial charge in [0.25, 0.3) is 0 Å². The monoisotopic (exact) mass is 338 g/mol. The number of hydrogen-bond donors (Lipinski definition) is 2. The zero-order chi connectivity index (χ0) is 17.0. The number of nitrogens with one attached hydrogen (secondary N) is 1. The van der Waals surface area contributed by atoms with Crippen molar-refractivity contribution in [2.75, 3.05) is 12.4 Å². The van der Waals surface area contributed by atoms with Crippen molar-refractivity contribution in [1.29, 1.82) is 0 Å². The van der Waals surface area contributed by atoms with Crippen molar-refractivity contribution < 1.29 is 14.6 Å². The number of pyridine rings is 1. The third-order valence-corrected chi connectivity index (χ3v) is 4.20. The van der Waals surface area contributed by atoms with Crippen LogP contribution in [0.2, 0.25) is 0 Å². The van der Waals surface area contributed by atoms with Gasteiger partial charge in [-0.3, -0.25) is 14.9 Å². The Bertz CT molecular complexity index is 753. The van der Waals surface area contributed by atoms with Gasteiger partial charge in [-0.15, -0.1) is 10.2 Å². The number of hydrogen-bond acceptors (Lipinski definition) is 7. The lowest BCUT2D eigenvalue weighted by atomic mass is 10.2. The Morgan fingerprint density at radius 3 is 2.78 bits per heavy atom. The minimum atomic E-state index is -0.358. The average Bonchev–Trinajstić information content (AvgIpc) is 2.97. The number of amides is 1. The molecule has 0 bridgehead atoms. The summed E-state index contributed by atoms with van der Waals surface area (Å²) < 4.78 is 6.41. The Morgan fingerprint density at radius 2 is 2.22 bits per heavy atom. The van der Waals surface area contributed by atoms with Gasteiger partial charge in [-0.25, -0.2) is 0 Å². The molecule has 2 rings (SSSR count). The van der Waals surface area contributed by atoms with Gasteiger partial charge >= 0.3 is 0 Å². The summed E-state index contributed by atoms with van der Waals surface area (Å²) in [4.78, 5) is 23.8. The summed E-state index contributed by atoms with van der Waals surface area (Å²) in [6.45, 7) is 3.55. The molecule has 9 heteroatoms. The Kier molecular flexibility index (Phi) is 5.45. The second-order valence-electron chi connectivity index (χ2n) is 5.13. The molecule has 0 radical (unpaired) electrons. The normalized spacial score (nSPS) is 10.8. The summed E-state index contributed by atoms with van der Waals surface area (Å²) in [5, 5.41) is 21.1. The SMILES string of the molecule is COc1cn(CC(=O)Nc2nnc(C(C)C)s2)c(CO)cc1=O. The molecule has 124 valence electrons. The van der Waals surface area contributed by atoms with Gasteiger partial charge in [-0.05, 0) is 0 Å². The quantitative estimate of drug-likeness (QED) is 0.813. The highest BCUT2D eigenvalue weighted by Gasteiger charge is 2.13.